The van der Waals surface area contributed by atoms with Gasteiger partial charge in [0.05, 0.1) is 10.0 Å². The number of halogens is 2. The molecule has 1 aliphatic rings. The molecule has 0 unspecified atom stereocenters. The van der Waals surface area contributed by atoms with E-state index in [2.05, 4.69) is 0 Å². The summed E-state index contributed by atoms with van der Waals surface area (Å²) in [5.74, 6) is 0.136. The smallest absolute Gasteiger partial charge is 0.253 e. The summed E-state index contributed by atoms with van der Waals surface area (Å²) >= 11 is 11.7. The number of likely N-dealkylation sites (tertiary alicyclic amines) is 1. The predicted molar refractivity (Wildman–Crippen MR) is 72.2 cm³/mol. The molecule has 0 bridgehead atoms. The second kappa shape index (κ2) is 5.91. The summed E-state index contributed by atoms with van der Waals surface area (Å²) < 4.78 is 0. The number of benzene rings is 1. The maximum Gasteiger partial charge on any atom is 0.253 e. The lowest BCUT2D eigenvalue weighted by Crippen LogP contribution is -2.40. The quantitative estimate of drug-likeness (QED) is 0.909. The Morgan fingerprint density at radius 2 is 2.17 bits per heavy atom. The molecule has 3 nitrogen and oxygen atoms in total. The van der Waals surface area contributed by atoms with Gasteiger partial charge >= 0.3 is 0 Å². The number of amides is 1. The molecule has 0 radical (unpaired) electrons. The maximum absolute atomic E-state index is 12.3. The molecule has 18 heavy (non-hydrogen) atoms. The number of hydrogen-bond acceptors (Lipinski definition) is 2. The van der Waals surface area contributed by atoms with Crippen molar-refractivity contribution in [1.29, 1.82) is 0 Å². The molecule has 1 saturated heterocycles. The lowest BCUT2D eigenvalue weighted by Gasteiger charge is -2.32. The number of carbonyl (C=O) groups excluding carboxylic acids is 1. The van der Waals surface area contributed by atoms with Crippen molar-refractivity contribution in [2.24, 2.45) is 5.92 Å². The first-order valence-electron chi connectivity index (χ1n) is 5.97. The van der Waals surface area contributed by atoms with Crippen molar-refractivity contribution >= 4 is 29.1 Å². The SMILES string of the molecule is O=C(c1ccc(Cl)c(Cl)c1)N1CCC[C@H](CO)C1. The van der Waals surface area contributed by atoms with E-state index in [4.69, 9.17) is 28.3 Å². The highest BCUT2D eigenvalue weighted by Crippen LogP contribution is 2.24. The van der Waals surface area contributed by atoms with E-state index in [1.54, 1.807) is 23.1 Å². The van der Waals surface area contributed by atoms with Gasteiger partial charge in [0.25, 0.3) is 5.91 Å². The van der Waals surface area contributed by atoms with Crippen molar-refractivity contribution in [3.05, 3.63) is 33.8 Å². The van der Waals surface area contributed by atoms with E-state index in [-0.39, 0.29) is 18.4 Å². The third kappa shape index (κ3) is 2.97. The molecular formula is C13H15Cl2NO2. The first-order valence-corrected chi connectivity index (χ1v) is 6.72. The molecule has 1 atom stereocenters. The Morgan fingerprint density at radius 3 is 2.83 bits per heavy atom. The van der Waals surface area contributed by atoms with E-state index in [0.717, 1.165) is 19.4 Å². The van der Waals surface area contributed by atoms with Crippen molar-refractivity contribution in [1.82, 2.24) is 4.90 Å². The summed E-state index contributed by atoms with van der Waals surface area (Å²) in [4.78, 5) is 14.0. The third-order valence-corrected chi connectivity index (χ3v) is 3.97. The van der Waals surface area contributed by atoms with Crippen LogP contribution in [0.2, 0.25) is 10.0 Å². The fraction of sp³-hybridized carbons (Fsp3) is 0.462. The zero-order chi connectivity index (χ0) is 13.1. The monoisotopic (exact) mass is 287 g/mol. The summed E-state index contributed by atoms with van der Waals surface area (Å²) in [6.07, 6.45) is 1.90. The van der Waals surface area contributed by atoms with Crippen LogP contribution in [-0.4, -0.2) is 35.6 Å². The van der Waals surface area contributed by atoms with Crippen LogP contribution in [0, 0.1) is 5.92 Å². The van der Waals surface area contributed by atoms with Crippen molar-refractivity contribution in [3.63, 3.8) is 0 Å². The van der Waals surface area contributed by atoms with Crippen LogP contribution in [0.15, 0.2) is 18.2 Å². The molecule has 1 aromatic rings. The summed E-state index contributed by atoms with van der Waals surface area (Å²) in [6.45, 7) is 1.47. The van der Waals surface area contributed by atoms with Gasteiger partial charge < -0.3 is 10.0 Å². The molecule has 0 saturated carbocycles. The topological polar surface area (TPSA) is 40.5 Å². The van der Waals surface area contributed by atoms with Crippen molar-refractivity contribution in [2.75, 3.05) is 19.7 Å². The molecule has 5 heteroatoms. The lowest BCUT2D eigenvalue weighted by molar-refractivity contribution is 0.0620. The Hall–Kier alpha value is -0.770. The van der Waals surface area contributed by atoms with Gasteiger partial charge in [-0.15, -0.1) is 0 Å². The number of carbonyl (C=O) groups is 1. The molecule has 0 spiro atoms. The standard InChI is InChI=1S/C13H15Cl2NO2/c14-11-4-3-10(6-12(11)15)13(18)16-5-1-2-9(7-16)8-17/h3-4,6,9,17H,1-2,5,7-8H2/t9-/m0/s1. The fourth-order valence-corrected chi connectivity index (χ4v) is 2.51. The van der Waals surface area contributed by atoms with Gasteiger partial charge in [0, 0.05) is 25.3 Å². The molecule has 1 heterocycles. The van der Waals surface area contributed by atoms with Crippen LogP contribution in [0.1, 0.15) is 23.2 Å². The number of piperidine rings is 1. The molecule has 1 N–H and O–H groups in total. The summed E-state index contributed by atoms with van der Waals surface area (Å²) in [5.41, 5.74) is 0.544. The second-order valence-corrected chi connectivity index (χ2v) is 5.39. The van der Waals surface area contributed by atoms with Crippen molar-refractivity contribution in [3.8, 4) is 0 Å². The summed E-state index contributed by atoms with van der Waals surface area (Å²) in [5, 5.41) is 10.00. The molecule has 0 aliphatic carbocycles. The largest absolute Gasteiger partial charge is 0.396 e. The summed E-state index contributed by atoms with van der Waals surface area (Å²) in [6, 6.07) is 4.90. The lowest BCUT2D eigenvalue weighted by atomic mass is 9.98. The van der Waals surface area contributed by atoms with Crippen LogP contribution in [0.25, 0.3) is 0 Å². The Bertz CT molecular complexity index is 451. The van der Waals surface area contributed by atoms with Crippen molar-refractivity contribution < 1.29 is 9.90 Å². The van der Waals surface area contributed by atoms with E-state index < -0.39 is 0 Å². The van der Waals surface area contributed by atoms with Crippen LogP contribution in [-0.2, 0) is 0 Å². The van der Waals surface area contributed by atoms with Crippen LogP contribution >= 0.6 is 23.2 Å². The highest BCUT2D eigenvalue weighted by atomic mass is 35.5. The average Bonchev–Trinajstić information content (AvgIpc) is 2.41. The van der Waals surface area contributed by atoms with Crippen molar-refractivity contribution in [2.45, 2.75) is 12.8 Å². The second-order valence-electron chi connectivity index (χ2n) is 4.57. The summed E-state index contributed by atoms with van der Waals surface area (Å²) in [7, 11) is 0. The van der Waals surface area contributed by atoms with Gasteiger partial charge in [-0.2, -0.15) is 0 Å². The fourth-order valence-electron chi connectivity index (χ4n) is 2.21. The van der Waals surface area contributed by atoms with E-state index >= 15 is 0 Å². The Balaban J connectivity index is 2.12. The zero-order valence-corrected chi connectivity index (χ0v) is 11.4. The molecule has 98 valence electrons. The van der Waals surface area contributed by atoms with Gasteiger partial charge in [-0.25, -0.2) is 0 Å². The van der Waals surface area contributed by atoms with Gasteiger partial charge in [-0.3, -0.25) is 4.79 Å². The van der Waals surface area contributed by atoms with Gasteiger partial charge in [-0.1, -0.05) is 23.2 Å². The van der Waals surface area contributed by atoms with Gasteiger partial charge in [0.2, 0.25) is 0 Å². The minimum absolute atomic E-state index is 0.0493. The van der Waals surface area contributed by atoms with E-state index in [9.17, 15) is 4.79 Å². The first-order chi connectivity index (χ1) is 8.61. The third-order valence-electron chi connectivity index (χ3n) is 3.23. The highest BCUT2D eigenvalue weighted by molar-refractivity contribution is 6.42. The molecule has 0 aromatic heterocycles. The molecule has 1 amide bonds. The minimum atomic E-state index is -0.0493. The molecule has 1 aromatic carbocycles. The number of hydrogen-bond donors (Lipinski definition) is 1. The Morgan fingerprint density at radius 1 is 1.39 bits per heavy atom. The first kappa shape index (κ1) is 13.7. The van der Waals surface area contributed by atoms with Gasteiger partial charge in [-0.05, 0) is 37.0 Å². The Kier molecular flexibility index (Phi) is 4.49. The average molecular weight is 288 g/mol. The number of nitrogens with zero attached hydrogens (tertiary/aromatic N) is 1. The van der Waals surface area contributed by atoms with Crippen LogP contribution < -0.4 is 0 Å². The van der Waals surface area contributed by atoms with Crippen LogP contribution in [0.4, 0.5) is 0 Å². The molecule has 1 aliphatic heterocycles. The van der Waals surface area contributed by atoms with Crippen LogP contribution in [0.3, 0.4) is 0 Å². The molecular weight excluding hydrogens is 273 g/mol. The predicted octanol–water partition coefficient (Wildman–Crippen LogP) is 2.84. The normalized spacial score (nSPS) is 19.9. The maximum atomic E-state index is 12.3. The van der Waals surface area contributed by atoms with E-state index in [0.29, 0.717) is 22.2 Å². The Labute approximate surface area is 116 Å². The number of rotatable bonds is 2. The van der Waals surface area contributed by atoms with Crippen LogP contribution in [0.5, 0.6) is 0 Å². The number of aliphatic hydroxyl groups excluding tert-OH is 1. The minimum Gasteiger partial charge on any atom is -0.396 e. The molecule has 2 rings (SSSR count). The van der Waals surface area contributed by atoms with Gasteiger partial charge in [0.1, 0.15) is 0 Å². The highest BCUT2D eigenvalue weighted by Gasteiger charge is 2.24. The van der Waals surface area contributed by atoms with E-state index in [1.807, 2.05) is 0 Å². The van der Waals surface area contributed by atoms with E-state index in [1.165, 1.54) is 0 Å². The zero-order valence-electron chi connectivity index (χ0n) is 9.90. The number of aliphatic hydroxyl groups is 1. The van der Waals surface area contributed by atoms with Gasteiger partial charge in [0.15, 0.2) is 0 Å². The molecule has 1 fully saturated rings.